The van der Waals surface area contributed by atoms with Crippen LogP contribution in [0, 0.1) is 11.8 Å². The molecule has 1 aromatic carbocycles. The molecule has 0 bridgehead atoms. The van der Waals surface area contributed by atoms with Gasteiger partial charge in [-0.1, -0.05) is 6.42 Å². The topological polar surface area (TPSA) is 49.9 Å². The first-order valence-electron chi connectivity index (χ1n) is 12.6. The maximum Gasteiger partial charge on any atom is 0.416 e. The summed E-state index contributed by atoms with van der Waals surface area (Å²) in [5.41, 5.74) is -0.850. The smallest absolute Gasteiger partial charge is 0.381 e. The van der Waals surface area contributed by atoms with Gasteiger partial charge in [0.25, 0.3) is 0 Å². The van der Waals surface area contributed by atoms with E-state index in [9.17, 15) is 21.6 Å². The molecular weight excluding hydrogens is 465 g/mol. The van der Waals surface area contributed by atoms with Gasteiger partial charge in [-0.15, -0.1) is 0 Å². The van der Waals surface area contributed by atoms with Crippen LogP contribution >= 0.6 is 0 Å². The van der Waals surface area contributed by atoms with Crippen LogP contribution in [0.3, 0.4) is 0 Å². The van der Waals surface area contributed by atoms with Crippen molar-refractivity contribution in [1.82, 2.24) is 9.21 Å². The molecule has 3 rings (SSSR count). The number of piperidine rings is 1. The van der Waals surface area contributed by atoms with Gasteiger partial charge in [0.05, 0.1) is 10.5 Å². The molecule has 0 aromatic heterocycles. The van der Waals surface area contributed by atoms with Crippen molar-refractivity contribution in [2.24, 2.45) is 11.8 Å². The highest BCUT2D eigenvalue weighted by Crippen LogP contribution is 2.32. The summed E-state index contributed by atoms with van der Waals surface area (Å²) in [4.78, 5) is 2.45. The van der Waals surface area contributed by atoms with Gasteiger partial charge in [0.1, 0.15) is 0 Å². The quantitative estimate of drug-likeness (QED) is 0.378. The zero-order valence-electron chi connectivity index (χ0n) is 20.2. The predicted molar refractivity (Wildman–Crippen MR) is 127 cm³/mol. The third-order valence-corrected chi connectivity index (χ3v) is 9.02. The lowest BCUT2D eigenvalue weighted by molar-refractivity contribution is -0.137. The first kappa shape index (κ1) is 27.4. The average molecular weight is 505 g/mol. The number of nitrogens with zero attached hydrogens (tertiary/aromatic N) is 2. The van der Waals surface area contributed by atoms with Gasteiger partial charge in [0, 0.05) is 26.8 Å². The van der Waals surface area contributed by atoms with Crippen LogP contribution in [0.15, 0.2) is 29.2 Å². The van der Waals surface area contributed by atoms with Crippen LogP contribution in [0.5, 0.6) is 0 Å². The Morgan fingerprint density at radius 1 is 0.971 bits per heavy atom. The maximum absolute atomic E-state index is 12.8. The van der Waals surface area contributed by atoms with Crippen LogP contribution in [-0.4, -0.2) is 64.1 Å². The summed E-state index contributed by atoms with van der Waals surface area (Å²) < 4.78 is 71.0. The van der Waals surface area contributed by atoms with E-state index in [2.05, 4.69) is 4.90 Å². The van der Waals surface area contributed by atoms with Crippen molar-refractivity contribution in [2.75, 3.05) is 46.4 Å². The van der Waals surface area contributed by atoms with Crippen molar-refractivity contribution in [3.8, 4) is 0 Å². The third-order valence-electron chi connectivity index (χ3n) is 7.19. The summed E-state index contributed by atoms with van der Waals surface area (Å²) in [6, 6.07) is 3.71. The summed E-state index contributed by atoms with van der Waals surface area (Å²) in [6.07, 6.45) is 5.75. The normalized spacial score (nSPS) is 22.9. The number of rotatable bonds is 11. The summed E-state index contributed by atoms with van der Waals surface area (Å²) in [5, 5.41) is 0. The lowest BCUT2D eigenvalue weighted by Crippen LogP contribution is -2.34. The van der Waals surface area contributed by atoms with Gasteiger partial charge in [-0.3, -0.25) is 0 Å². The van der Waals surface area contributed by atoms with E-state index < -0.39 is 21.8 Å². The number of alkyl halides is 3. The van der Waals surface area contributed by atoms with Crippen LogP contribution in [-0.2, 0) is 20.9 Å². The highest BCUT2D eigenvalue weighted by molar-refractivity contribution is 7.89. The van der Waals surface area contributed by atoms with E-state index in [0.717, 1.165) is 69.6 Å². The van der Waals surface area contributed by atoms with Gasteiger partial charge >= 0.3 is 6.18 Å². The highest BCUT2D eigenvalue weighted by atomic mass is 32.2. The Labute approximate surface area is 202 Å². The van der Waals surface area contributed by atoms with E-state index in [1.54, 1.807) is 0 Å². The molecule has 0 unspecified atom stereocenters. The molecule has 2 fully saturated rings. The molecule has 194 valence electrons. The second kappa shape index (κ2) is 12.7. The summed E-state index contributed by atoms with van der Waals surface area (Å²) in [6.45, 7) is 5.62. The Morgan fingerprint density at radius 3 is 2.21 bits per heavy atom. The van der Waals surface area contributed by atoms with E-state index in [4.69, 9.17) is 4.74 Å². The number of unbranched alkanes of at least 4 members (excludes halogenated alkanes) is 1. The minimum Gasteiger partial charge on any atom is -0.381 e. The number of halogens is 3. The van der Waals surface area contributed by atoms with Crippen molar-refractivity contribution in [3.05, 3.63) is 29.8 Å². The van der Waals surface area contributed by atoms with E-state index in [0.29, 0.717) is 12.5 Å². The Balaban J connectivity index is 1.32. The van der Waals surface area contributed by atoms with Crippen molar-refractivity contribution in [1.29, 1.82) is 0 Å². The monoisotopic (exact) mass is 504 g/mol. The van der Waals surface area contributed by atoms with E-state index in [1.165, 1.54) is 56.7 Å². The fourth-order valence-electron chi connectivity index (χ4n) is 5.01. The minimum atomic E-state index is -4.48. The lowest BCUT2D eigenvalue weighted by Gasteiger charge is -2.31. The van der Waals surface area contributed by atoms with Gasteiger partial charge < -0.3 is 9.64 Å². The van der Waals surface area contributed by atoms with Crippen LogP contribution in [0.1, 0.15) is 63.4 Å². The summed E-state index contributed by atoms with van der Waals surface area (Å²) in [5.74, 6) is 0.783. The number of sulfonamides is 1. The molecule has 1 aliphatic carbocycles. The zero-order valence-corrected chi connectivity index (χ0v) is 21.0. The Hall–Kier alpha value is -1.16. The summed E-state index contributed by atoms with van der Waals surface area (Å²) in [7, 11) is -2.30. The Morgan fingerprint density at radius 2 is 1.59 bits per heavy atom. The molecule has 0 amide bonds. The average Bonchev–Trinajstić information content (AvgIpc) is 2.82. The van der Waals surface area contributed by atoms with Gasteiger partial charge in [0.15, 0.2) is 0 Å². The molecule has 9 heteroatoms. The standard InChI is InChI=1S/C25H39F3N2O3S/c1-29(34(31,32)24-13-11-23(12-14-24)25(26,27)28)19-21-7-9-22(10-8-21)20-33-18-6-5-17-30-15-3-2-4-16-30/h11-14,21-22H,2-10,15-20H2,1H3. The third kappa shape index (κ3) is 8.21. The predicted octanol–water partition coefficient (Wildman–Crippen LogP) is 5.42. The van der Waals surface area contributed by atoms with Gasteiger partial charge in [0.2, 0.25) is 10.0 Å². The van der Waals surface area contributed by atoms with Gasteiger partial charge in [-0.25, -0.2) is 12.7 Å². The van der Waals surface area contributed by atoms with Crippen molar-refractivity contribution < 1.29 is 26.3 Å². The molecule has 34 heavy (non-hydrogen) atoms. The van der Waals surface area contributed by atoms with Crippen LogP contribution in [0.2, 0.25) is 0 Å². The molecule has 1 aliphatic heterocycles. The SMILES string of the molecule is CN(CC1CCC(COCCCCN2CCCCC2)CC1)S(=O)(=O)c1ccc(C(F)(F)F)cc1. The maximum atomic E-state index is 12.8. The van der Waals surface area contributed by atoms with Crippen LogP contribution < -0.4 is 0 Å². The first-order chi connectivity index (χ1) is 16.2. The van der Waals surface area contributed by atoms with Crippen molar-refractivity contribution >= 4 is 10.0 Å². The van der Waals surface area contributed by atoms with Crippen molar-refractivity contribution in [3.63, 3.8) is 0 Å². The number of hydrogen-bond acceptors (Lipinski definition) is 4. The Kier molecular flexibility index (Phi) is 10.2. The van der Waals surface area contributed by atoms with E-state index in [-0.39, 0.29) is 10.8 Å². The number of benzene rings is 1. The second-order valence-electron chi connectivity index (χ2n) is 9.88. The number of likely N-dealkylation sites (tertiary alicyclic amines) is 1. The number of hydrogen-bond donors (Lipinski definition) is 0. The van der Waals surface area contributed by atoms with E-state index in [1.807, 2.05) is 0 Å². The van der Waals surface area contributed by atoms with Gasteiger partial charge in [-0.2, -0.15) is 13.2 Å². The first-order valence-corrected chi connectivity index (χ1v) is 14.0. The molecule has 1 saturated heterocycles. The fourth-order valence-corrected chi connectivity index (χ4v) is 6.26. The molecule has 1 aromatic rings. The zero-order chi connectivity index (χ0) is 24.6. The van der Waals surface area contributed by atoms with Gasteiger partial charge in [-0.05, 0) is 107 Å². The lowest BCUT2D eigenvalue weighted by atomic mass is 9.82. The highest BCUT2D eigenvalue weighted by Gasteiger charge is 2.32. The van der Waals surface area contributed by atoms with Crippen LogP contribution in [0.4, 0.5) is 13.2 Å². The largest absolute Gasteiger partial charge is 0.416 e. The molecule has 0 radical (unpaired) electrons. The molecule has 1 heterocycles. The molecule has 0 N–H and O–H groups in total. The molecule has 0 atom stereocenters. The second-order valence-corrected chi connectivity index (χ2v) is 11.9. The van der Waals surface area contributed by atoms with Crippen LogP contribution in [0.25, 0.3) is 0 Å². The summed E-state index contributed by atoms with van der Waals surface area (Å²) >= 11 is 0. The molecule has 1 saturated carbocycles. The van der Waals surface area contributed by atoms with E-state index >= 15 is 0 Å². The number of ether oxygens (including phenoxy) is 1. The molecular formula is C25H39F3N2O3S. The fraction of sp³-hybridized carbons (Fsp3) is 0.760. The minimum absolute atomic E-state index is 0.106. The molecule has 0 spiro atoms. The molecule has 5 nitrogen and oxygen atoms in total. The molecule has 2 aliphatic rings. The Bertz CT molecular complexity index is 832. The van der Waals surface area contributed by atoms with Crippen molar-refractivity contribution in [2.45, 2.75) is 68.9 Å².